The van der Waals surface area contributed by atoms with E-state index in [1.807, 2.05) is 0 Å². The third-order valence-electron chi connectivity index (χ3n) is 10.3. The minimum atomic E-state index is -1.60. The quantitative estimate of drug-likeness (QED) is 0.0273. The van der Waals surface area contributed by atoms with Gasteiger partial charge in [-0.05, 0) is 64.2 Å². The monoisotopic (exact) mass is 783 g/mol. The molecule has 0 aromatic carbocycles. The van der Waals surface area contributed by atoms with Gasteiger partial charge in [0.1, 0.15) is 31.0 Å². The summed E-state index contributed by atoms with van der Waals surface area (Å²) in [6.45, 7) is 3.40. The van der Waals surface area contributed by atoms with Crippen LogP contribution in [0.3, 0.4) is 0 Å². The number of unbranched alkanes of at least 4 members (excludes halogenated alkanes) is 22. The molecule has 0 unspecified atom stereocenters. The average molecular weight is 783 g/mol. The molecule has 55 heavy (non-hydrogen) atoms. The van der Waals surface area contributed by atoms with Gasteiger partial charge in [-0.1, -0.05) is 141 Å². The highest BCUT2D eigenvalue weighted by atomic mass is 16.7. The summed E-state index contributed by atoms with van der Waals surface area (Å²) in [4.78, 5) is 25.3. The van der Waals surface area contributed by atoms with Crippen molar-refractivity contribution in [3.8, 4) is 0 Å². The molecule has 1 heterocycles. The van der Waals surface area contributed by atoms with Crippen molar-refractivity contribution in [2.24, 2.45) is 0 Å². The van der Waals surface area contributed by atoms with Crippen LogP contribution in [0.15, 0.2) is 24.3 Å². The van der Waals surface area contributed by atoms with E-state index in [1.165, 1.54) is 89.9 Å². The van der Waals surface area contributed by atoms with E-state index in [9.17, 15) is 30.0 Å². The van der Waals surface area contributed by atoms with E-state index in [0.717, 1.165) is 64.2 Å². The summed E-state index contributed by atoms with van der Waals surface area (Å²) < 4.78 is 22.1. The van der Waals surface area contributed by atoms with Gasteiger partial charge < -0.3 is 39.4 Å². The molecular formula is C45H82O10. The fraction of sp³-hybridized carbons (Fsp3) is 0.867. The lowest BCUT2D eigenvalue weighted by Gasteiger charge is -2.39. The predicted molar refractivity (Wildman–Crippen MR) is 219 cm³/mol. The molecule has 10 nitrogen and oxygen atoms in total. The summed E-state index contributed by atoms with van der Waals surface area (Å²) in [6.07, 6.45) is 31.8. The van der Waals surface area contributed by atoms with Crippen LogP contribution in [-0.4, -0.2) is 89.0 Å². The normalized spacial score (nSPS) is 20.7. The second kappa shape index (κ2) is 36.5. The molecule has 0 bridgehead atoms. The van der Waals surface area contributed by atoms with Gasteiger partial charge in [0.15, 0.2) is 12.4 Å². The van der Waals surface area contributed by atoms with Crippen molar-refractivity contribution >= 4 is 11.9 Å². The van der Waals surface area contributed by atoms with Crippen LogP contribution in [0.25, 0.3) is 0 Å². The summed E-state index contributed by atoms with van der Waals surface area (Å²) in [5.74, 6) is -0.822. The van der Waals surface area contributed by atoms with Crippen LogP contribution in [0.4, 0.5) is 0 Å². The number of carbonyl (C=O) groups is 2. The van der Waals surface area contributed by atoms with Crippen LogP contribution in [0.1, 0.15) is 194 Å². The Bertz CT molecular complexity index is 954. The third-order valence-corrected chi connectivity index (χ3v) is 10.3. The molecule has 6 atom stereocenters. The van der Waals surface area contributed by atoms with Gasteiger partial charge in [-0.15, -0.1) is 0 Å². The van der Waals surface area contributed by atoms with E-state index in [0.29, 0.717) is 12.8 Å². The first kappa shape index (κ1) is 51.2. The number of allylic oxidation sites excluding steroid dienone is 4. The Hall–Kier alpha value is -1.82. The maximum absolute atomic E-state index is 12.8. The molecule has 1 saturated heterocycles. The topological polar surface area (TPSA) is 152 Å². The minimum absolute atomic E-state index is 0.220. The average Bonchev–Trinajstić information content (AvgIpc) is 3.18. The molecule has 0 amide bonds. The van der Waals surface area contributed by atoms with Crippen LogP contribution >= 0.6 is 0 Å². The molecule has 1 fully saturated rings. The molecule has 1 rings (SSSR count). The Morgan fingerprint density at radius 1 is 0.545 bits per heavy atom. The lowest BCUT2D eigenvalue weighted by molar-refractivity contribution is -0.305. The SMILES string of the molecule is CCCCCCCC/C=C\CCCCCCCC(=O)OC[C@H](CO[C@@H]1O[C@H](CO)[C@H](O)[C@H](O)[C@H]1O)OC(=O)CCCCCCC/C=C\CCCCCCCC. The van der Waals surface area contributed by atoms with Crippen molar-refractivity contribution in [2.75, 3.05) is 19.8 Å². The van der Waals surface area contributed by atoms with Crippen molar-refractivity contribution < 1.29 is 49.0 Å². The van der Waals surface area contributed by atoms with Gasteiger partial charge in [0, 0.05) is 12.8 Å². The first-order valence-electron chi connectivity index (χ1n) is 22.4. The standard InChI is InChI=1S/C45H82O10/c1-3-5-7-9-11-13-15-17-19-21-23-25-27-29-31-33-40(47)52-36-38(37-53-45-44(51)43(50)42(49)39(35-46)55-45)54-41(48)34-32-30-28-26-24-22-20-18-16-14-12-10-8-6-4-2/h17-20,38-39,42-46,49-51H,3-16,21-37H2,1-2H3/b19-17-,20-18-/t38-,39-,42+,43+,44-,45-/m1/s1. The summed E-state index contributed by atoms with van der Waals surface area (Å²) in [7, 11) is 0. The van der Waals surface area contributed by atoms with Crippen molar-refractivity contribution in [3.05, 3.63) is 24.3 Å². The van der Waals surface area contributed by atoms with Gasteiger partial charge in [-0.2, -0.15) is 0 Å². The van der Waals surface area contributed by atoms with E-state index < -0.39 is 49.4 Å². The summed E-state index contributed by atoms with van der Waals surface area (Å²) >= 11 is 0. The van der Waals surface area contributed by atoms with Crippen molar-refractivity contribution in [1.82, 2.24) is 0 Å². The molecule has 322 valence electrons. The van der Waals surface area contributed by atoms with Gasteiger partial charge in [-0.25, -0.2) is 0 Å². The summed E-state index contributed by atoms with van der Waals surface area (Å²) in [5, 5.41) is 40.0. The zero-order valence-electron chi connectivity index (χ0n) is 34.9. The van der Waals surface area contributed by atoms with Crippen LogP contribution in [0.5, 0.6) is 0 Å². The second-order valence-electron chi connectivity index (χ2n) is 15.5. The molecule has 1 aliphatic rings. The van der Waals surface area contributed by atoms with E-state index in [2.05, 4.69) is 38.2 Å². The Morgan fingerprint density at radius 2 is 0.964 bits per heavy atom. The molecule has 0 saturated carbocycles. The fourth-order valence-electron chi connectivity index (χ4n) is 6.71. The number of carbonyl (C=O) groups excluding carboxylic acids is 2. The predicted octanol–water partition coefficient (Wildman–Crippen LogP) is 9.33. The number of hydrogen-bond donors (Lipinski definition) is 4. The Kier molecular flexibility index (Phi) is 34.0. The highest BCUT2D eigenvalue weighted by Gasteiger charge is 2.44. The van der Waals surface area contributed by atoms with Crippen molar-refractivity contribution in [1.29, 1.82) is 0 Å². The van der Waals surface area contributed by atoms with Crippen LogP contribution < -0.4 is 0 Å². The van der Waals surface area contributed by atoms with E-state index >= 15 is 0 Å². The fourth-order valence-corrected chi connectivity index (χ4v) is 6.71. The maximum Gasteiger partial charge on any atom is 0.306 e. The highest BCUT2D eigenvalue weighted by Crippen LogP contribution is 2.22. The van der Waals surface area contributed by atoms with Crippen molar-refractivity contribution in [3.63, 3.8) is 0 Å². The first-order chi connectivity index (χ1) is 26.8. The first-order valence-corrected chi connectivity index (χ1v) is 22.4. The second-order valence-corrected chi connectivity index (χ2v) is 15.5. The van der Waals surface area contributed by atoms with Crippen molar-refractivity contribution in [2.45, 2.75) is 230 Å². The number of aliphatic hydroxyl groups is 4. The smallest absolute Gasteiger partial charge is 0.306 e. The van der Waals surface area contributed by atoms with Gasteiger partial charge in [0.2, 0.25) is 0 Å². The highest BCUT2D eigenvalue weighted by molar-refractivity contribution is 5.70. The molecule has 4 N–H and O–H groups in total. The zero-order valence-corrected chi connectivity index (χ0v) is 34.9. The third kappa shape index (κ3) is 28.3. The van der Waals surface area contributed by atoms with Gasteiger partial charge in [-0.3, -0.25) is 9.59 Å². The van der Waals surface area contributed by atoms with Gasteiger partial charge in [0.25, 0.3) is 0 Å². The number of ether oxygens (including phenoxy) is 4. The van der Waals surface area contributed by atoms with Crippen LogP contribution in [0.2, 0.25) is 0 Å². The Balaban J connectivity index is 2.34. The van der Waals surface area contributed by atoms with Gasteiger partial charge in [0.05, 0.1) is 13.2 Å². The maximum atomic E-state index is 12.8. The van der Waals surface area contributed by atoms with E-state index in [1.54, 1.807) is 0 Å². The molecule has 0 spiro atoms. The van der Waals surface area contributed by atoms with E-state index in [-0.39, 0.29) is 32.0 Å². The number of rotatable bonds is 37. The summed E-state index contributed by atoms with van der Waals surface area (Å²) in [6, 6.07) is 0. The number of aliphatic hydroxyl groups excluding tert-OH is 4. The molecule has 1 aliphatic heterocycles. The Morgan fingerprint density at radius 3 is 1.42 bits per heavy atom. The minimum Gasteiger partial charge on any atom is -0.462 e. The lowest BCUT2D eigenvalue weighted by Crippen LogP contribution is -2.59. The molecular weight excluding hydrogens is 700 g/mol. The molecule has 0 aromatic rings. The van der Waals surface area contributed by atoms with Crippen LogP contribution in [-0.2, 0) is 28.5 Å². The number of esters is 2. The van der Waals surface area contributed by atoms with Crippen LogP contribution in [0, 0.1) is 0 Å². The molecule has 10 heteroatoms. The lowest BCUT2D eigenvalue weighted by atomic mass is 9.99. The molecule has 0 radical (unpaired) electrons. The Labute approximate surface area is 334 Å². The summed E-state index contributed by atoms with van der Waals surface area (Å²) in [5.41, 5.74) is 0. The van der Waals surface area contributed by atoms with Gasteiger partial charge >= 0.3 is 11.9 Å². The number of hydrogen-bond acceptors (Lipinski definition) is 10. The molecule has 0 aromatic heterocycles. The molecule has 0 aliphatic carbocycles. The largest absolute Gasteiger partial charge is 0.462 e. The van der Waals surface area contributed by atoms with E-state index in [4.69, 9.17) is 18.9 Å². The zero-order chi connectivity index (χ0) is 40.2.